The smallest absolute Gasteiger partial charge is 0.335 e. The lowest BCUT2D eigenvalue weighted by atomic mass is 10.2. The summed E-state index contributed by atoms with van der Waals surface area (Å²) in [7, 11) is 0. The minimum absolute atomic E-state index is 0.265. The number of aromatic carboxylic acids is 1. The second-order valence-electron chi connectivity index (χ2n) is 3.63. The van der Waals surface area contributed by atoms with E-state index in [4.69, 9.17) is 9.84 Å². The van der Waals surface area contributed by atoms with Gasteiger partial charge in [0.25, 0.3) is 0 Å². The lowest BCUT2D eigenvalue weighted by molar-refractivity contribution is 0.0695. The quantitative estimate of drug-likeness (QED) is 0.822. The SMILES string of the molecule is O=C(O)c1cc(F)c(Oc2ccc(I)cc2)c(F)c1. The molecule has 98 valence electrons. The normalized spacial score (nSPS) is 10.3. The molecule has 0 unspecified atom stereocenters. The third kappa shape index (κ3) is 3.19. The van der Waals surface area contributed by atoms with E-state index in [9.17, 15) is 13.6 Å². The minimum atomic E-state index is -1.40. The van der Waals surface area contributed by atoms with E-state index in [0.717, 1.165) is 3.57 Å². The first-order chi connectivity index (χ1) is 8.97. The molecule has 0 radical (unpaired) electrons. The summed E-state index contributed by atoms with van der Waals surface area (Å²) in [5.74, 6) is -3.88. The molecule has 0 aliphatic carbocycles. The first-order valence-electron chi connectivity index (χ1n) is 5.13. The second kappa shape index (κ2) is 5.52. The van der Waals surface area contributed by atoms with Crippen molar-refractivity contribution in [2.24, 2.45) is 0 Å². The van der Waals surface area contributed by atoms with Gasteiger partial charge >= 0.3 is 5.97 Å². The Labute approximate surface area is 121 Å². The van der Waals surface area contributed by atoms with E-state index >= 15 is 0 Å². The largest absolute Gasteiger partial charge is 0.478 e. The van der Waals surface area contributed by atoms with Gasteiger partial charge in [0.1, 0.15) is 5.75 Å². The Balaban J connectivity index is 2.35. The fraction of sp³-hybridized carbons (Fsp3) is 0. The van der Waals surface area contributed by atoms with E-state index < -0.39 is 28.9 Å². The minimum Gasteiger partial charge on any atom is -0.478 e. The molecule has 0 atom stereocenters. The Kier molecular flexibility index (Phi) is 3.98. The average Bonchev–Trinajstić information content (AvgIpc) is 2.35. The van der Waals surface area contributed by atoms with E-state index in [2.05, 4.69) is 22.6 Å². The zero-order valence-electron chi connectivity index (χ0n) is 9.36. The first kappa shape index (κ1) is 13.7. The van der Waals surface area contributed by atoms with Crippen molar-refractivity contribution in [2.45, 2.75) is 0 Å². The third-order valence-electron chi connectivity index (χ3n) is 2.28. The molecular weight excluding hydrogens is 369 g/mol. The maximum Gasteiger partial charge on any atom is 0.335 e. The van der Waals surface area contributed by atoms with Crippen LogP contribution in [0.15, 0.2) is 36.4 Å². The molecule has 0 aliphatic rings. The molecule has 0 aromatic heterocycles. The van der Waals surface area contributed by atoms with Crippen LogP contribution in [-0.4, -0.2) is 11.1 Å². The predicted octanol–water partition coefficient (Wildman–Crippen LogP) is 4.06. The van der Waals surface area contributed by atoms with E-state index in [-0.39, 0.29) is 5.75 Å². The Morgan fingerprint density at radius 2 is 1.63 bits per heavy atom. The predicted molar refractivity (Wildman–Crippen MR) is 72.6 cm³/mol. The molecule has 0 heterocycles. The van der Waals surface area contributed by atoms with E-state index in [1.807, 2.05) is 0 Å². The summed E-state index contributed by atoms with van der Waals surface area (Å²) in [6.45, 7) is 0. The molecule has 0 aliphatic heterocycles. The van der Waals surface area contributed by atoms with Gasteiger partial charge in [0.2, 0.25) is 0 Å². The number of ether oxygens (including phenoxy) is 1. The van der Waals surface area contributed by atoms with Crippen molar-refractivity contribution in [3.63, 3.8) is 0 Å². The van der Waals surface area contributed by atoms with Crippen molar-refractivity contribution in [2.75, 3.05) is 0 Å². The molecule has 2 aromatic carbocycles. The highest BCUT2D eigenvalue weighted by Gasteiger charge is 2.16. The van der Waals surface area contributed by atoms with Gasteiger partial charge in [-0.3, -0.25) is 0 Å². The maximum atomic E-state index is 13.6. The molecule has 2 aromatic rings. The number of halogens is 3. The maximum absolute atomic E-state index is 13.6. The summed E-state index contributed by atoms with van der Waals surface area (Å²) in [5.41, 5.74) is -0.468. The van der Waals surface area contributed by atoms with Gasteiger partial charge in [0, 0.05) is 3.57 Å². The second-order valence-corrected chi connectivity index (χ2v) is 4.88. The highest BCUT2D eigenvalue weighted by Crippen LogP contribution is 2.29. The van der Waals surface area contributed by atoms with Crippen LogP contribution in [0.2, 0.25) is 0 Å². The van der Waals surface area contributed by atoms with E-state index in [0.29, 0.717) is 12.1 Å². The summed E-state index contributed by atoms with van der Waals surface area (Å²) in [6, 6.07) is 7.99. The Bertz CT molecular complexity index is 603. The lowest BCUT2D eigenvalue weighted by Crippen LogP contribution is -2.01. The van der Waals surface area contributed by atoms with Crippen LogP contribution < -0.4 is 4.74 Å². The number of carboxylic acids is 1. The number of benzene rings is 2. The van der Waals surface area contributed by atoms with Crippen molar-refractivity contribution in [1.29, 1.82) is 0 Å². The molecule has 0 fully saturated rings. The third-order valence-corrected chi connectivity index (χ3v) is 3.00. The fourth-order valence-corrected chi connectivity index (χ4v) is 1.76. The molecule has 0 spiro atoms. The van der Waals surface area contributed by atoms with Gasteiger partial charge in [0.15, 0.2) is 17.4 Å². The molecule has 6 heteroatoms. The summed E-state index contributed by atoms with van der Waals surface area (Å²) in [6.07, 6.45) is 0. The molecule has 0 amide bonds. The van der Waals surface area contributed by atoms with Crippen LogP contribution in [0, 0.1) is 15.2 Å². The van der Waals surface area contributed by atoms with Crippen molar-refractivity contribution in [3.8, 4) is 11.5 Å². The van der Waals surface area contributed by atoms with Crippen LogP contribution in [0.4, 0.5) is 8.78 Å². The number of hydrogen-bond acceptors (Lipinski definition) is 2. The van der Waals surface area contributed by atoms with Crippen molar-refractivity contribution in [3.05, 3.63) is 57.2 Å². The topological polar surface area (TPSA) is 46.5 Å². The van der Waals surface area contributed by atoms with E-state index in [1.54, 1.807) is 24.3 Å². The molecule has 19 heavy (non-hydrogen) atoms. The monoisotopic (exact) mass is 376 g/mol. The first-order valence-corrected chi connectivity index (χ1v) is 6.21. The highest BCUT2D eigenvalue weighted by atomic mass is 127. The van der Waals surface area contributed by atoms with Gasteiger partial charge in [-0.05, 0) is 59.0 Å². The van der Waals surface area contributed by atoms with Crippen LogP contribution in [0.25, 0.3) is 0 Å². The summed E-state index contributed by atoms with van der Waals surface area (Å²) in [5, 5.41) is 8.67. The molecule has 3 nitrogen and oxygen atoms in total. The molecule has 0 saturated heterocycles. The molecule has 0 bridgehead atoms. The van der Waals surface area contributed by atoms with E-state index in [1.165, 1.54) is 0 Å². The summed E-state index contributed by atoms with van der Waals surface area (Å²) >= 11 is 2.08. The van der Waals surface area contributed by atoms with Gasteiger partial charge in [-0.1, -0.05) is 0 Å². The Morgan fingerprint density at radius 1 is 1.11 bits per heavy atom. The van der Waals surface area contributed by atoms with Crippen LogP contribution in [0.5, 0.6) is 11.5 Å². The zero-order chi connectivity index (χ0) is 14.0. The average molecular weight is 376 g/mol. The molecule has 0 saturated carbocycles. The lowest BCUT2D eigenvalue weighted by Gasteiger charge is -2.08. The zero-order valence-corrected chi connectivity index (χ0v) is 11.5. The van der Waals surface area contributed by atoms with Crippen molar-refractivity contribution < 1.29 is 23.4 Å². The number of carboxylic acid groups (broad SMARTS) is 1. The summed E-state index contributed by atoms with van der Waals surface area (Å²) in [4.78, 5) is 10.6. The van der Waals surface area contributed by atoms with Gasteiger partial charge in [-0.25, -0.2) is 13.6 Å². The molecule has 2 rings (SSSR count). The van der Waals surface area contributed by atoms with Gasteiger partial charge in [-0.15, -0.1) is 0 Å². The van der Waals surface area contributed by atoms with Crippen LogP contribution in [0.3, 0.4) is 0 Å². The van der Waals surface area contributed by atoms with Crippen LogP contribution in [0.1, 0.15) is 10.4 Å². The summed E-state index contributed by atoms with van der Waals surface area (Å²) < 4.78 is 33.2. The fourth-order valence-electron chi connectivity index (χ4n) is 1.40. The van der Waals surface area contributed by atoms with Gasteiger partial charge in [-0.2, -0.15) is 0 Å². The van der Waals surface area contributed by atoms with Gasteiger partial charge < -0.3 is 9.84 Å². The van der Waals surface area contributed by atoms with Crippen LogP contribution in [-0.2, 0) is 0 Å². The number of carbonyl (C=O) groups is 1. The standard InChI is InChI=1S/C13H7F2IO3/c14-10-5-7(13(17)18)6-11(15)12(10)19-9-3-1-8(16)2-4-9/h1-6H,(H,17,18). The number of rotatable bonds is 3. The number of hydrogen-bond donors (Lipinski definition) is 1. The van der Waals surface area contributed by atoms with Crippen molar-refractivity contribution >= 4 is 28.6 Å². The molecule has 1 N–H and O–H groups in total. The van der Waals surface area contributed by atoms with Gasteiger partial charge in [0.05, 0.1) is 5.56 Å². The van der Waals surface area contributed by atoms with Crippen molar-refractivity contribution in [1.82, 2.24) is 0 Å². The highest BCUT2D eigenvalue weighted by molar-refractivity contribution is 14.1. The Morgan fingerprint density at radius 3 is 2.11 bits per heavy atom. The molecular formula is C13H7F2IO3. The Hall–Kier alpha value is -1.70. The van der Waals surface area contributed by atoms with Crippen LogP contribution >= 0.6 is 22.6 Å².